The predicted octanol–water partition coefficient (Wildman–Crippen LogP) is 2.25. The Hall–Kier alpha value is -2.84. The number of hydrogen-bond donors (Lipinski definition) is 0. The van der Waals surface area contributed by atoms with Gasteiger partial charge in [-0.2, -0.15) is 10.2 Å². The molecule has 7 nitrogen and oxygen atoms in total. The van der Waals surface area contributed by atoms with E-state index in [1.807, 2.05) is 0 Å². The monoisotopic (exact) mass is 335 g/mol. The number of carbonyl (C=O) groups is 1. The molecule has 0 bridgehead atoms. The highest BCUT2D eigenvalue weighted by molar-refractivity contribution is 5.86. The first-order valence-corrected chi connectivity index (χ1v) is 7.12. The highest BCUT2D eigenvalue weighted by Gasteiger charge is 2.22. The van der Waals surface area contributed by atoms with E-state index in [0.29, 0.717) is 17.0 Å². The van der Waals surface area contributed by atoms with Crippen LogP contribution in [-0.4, -0.2) is 37.6 Å². The summed E-state index contributed by atoms with van der Waals surface area (Å²) in [6.45, 7) is 1.40. The zero-order valence-electron chi connectivity index (χ0n) is 13.3. The lowest BCUT2D eigenvalue weighted by Gasteiger charge is -2.07. The molecule has 0 fully saturated rings. The maximum absolute atomic E-state index is 13.5. The molecular formula is C15H15F2N5O2. The molecule has 3 aromatic heterocycles. The average Bonchev–Trinajstić information content (AvgIpc) is 3.11. The van der Waals surface area contributed by atoms with Gasteiger partial charge < -0.3 is 4.74 Å². The summed E-state index contributed by atoms with van der Waals surface area (Å²) < 4.78 is 34.5. The van der Waals surface area contributed by atoms with E-state index in [1.165, 1.54) is 24.1 Å². The van der Waals surface area contributed by atoms with E-state index in [2.05, 4.69) is 19.9 Å². The Labute approximate surface area is 135 Å². The minimum atomic E-state index is -2.69. The zero-order valence-corrected chi connectivity index (χ0v) is 13.3. The van der Waals surface area contributed by atoms with Crippen molar-refractivity contribution in [3.63, 3.8) is 0 Å². The number of ether oxygens (including phenoxy) is 1. The molecule has 0 amide bonds. The Balaban J connectivity index is 2.25. The van der Waals surface area contributed by atoms with Gasteiger partial charge in [0.25, 0.3) is 6.43 Å². The third-order valence-electron chi connectivity index (χ3n) is 3.65. The van der Waals surface area contributed by atoms with Gasteiger partial charge in [0.05, 0.1) is 30.1 Å². The molecule has 0 aliphatic carbocycles. The van der Waals surface area contributed by atoms with Gasteiger partial charge in [0.2, 0.25) is 0 Å². The van der Waals surface area contributed by atoms with E-state index in [-0.39, 0.29) is 23.1 Å². The van der Waals surface area contributed by atoms with Gasteiger partial charge in [0.15, 0.2) is 5.65 Å². The van der Waals surface area contributed by atoms with Gasteiger partial charge in [-0.15, -0.1) is 0 Å². The maximum atomic E-state index is 13.5. The van der Waals surface area contributed by atoms with Gasteiger partial charge in [-0.25, -0.2) is 18.4 Å². The first-order chi connectivity index (χ1) is 11.4. The van der Waals surface area contributed by atoms with Crippen molar-refractivity contribution in [2.45, 2.75) is 19.9 Å². The van der Waals surface area contributed by atoms with Crippen LogP contribution in [0.2, 0.25) is 0 Å². The van der Waals surface area contributed by atoms with Crippen molar-refractivity contribution in [2.24, 2.45) is 7.05 Å². The number of methoxy groups -OCH3 is 1. The molecule has 0 N–H and O–H groups in total. The van der Waals surface area contributed by atoms with Crippen molar-refractivity contribution >= 4 is 17.0 Å². The summed E-state index contributed by atoms with van der Waals surface area (Å²) in [6.07, 6.45) is 0.523. The van der Waals surface area contributed by atoms with Crippen LogP contribution in [0.25, 0.3) is 22.3 Å². The SMILES string of the molecule is COC(=O)Cn1nc(C)c2c(C(F)F)cc(-c3cnn(C)c3)nc21. The molecule has 0 aliphatic heterocycles. The first-order valence-electron chi connectivity index (χ1n) is 7.12. The summed E-state index contributed by atoms with van der Waals surface area (Å²) in [4.78, 5) is 16.0. The molecule has 0 aromatic carbocycles. The average molecular weight is 335 g/mol. The number of hydrogen-bond acceptors (Lipinski definition) is 5. The fourth-order valence-electron chi connectivity index (χ4n) is 2.56. The Morgan fingerprint density at radius 3 is 2.75 bits per heavy atom. The Kier molecular flexibility index (Phi) is 4.00. The summed E-state index contributed by atoms with van der Waals surface area (Å²) in [5, 5.41) is 8.44. The molecule has 3 rings (SSSR count). The molecule has 9 heteroatoms. The molecule has 0 spiro atoms. The van der Waals surface area contributed by atoms with Crippen LogP contribution in [0, 0.1) is 6.92 Å². The predicted molar refractivity (Wildman–Crippen MR) is 81.4 cm³/mol. The number of pyridine rings is 1. The Morgan fingerprint density at radius 2 is 2.17 bits per heavy atom. The number of halogens is 2. The Bertz CT molecular complexity index is 916. The van der Waals surface area contributed by atoms with E-state index in [4.69, 9.17) is 0 Å². The van der Waals surface area contributed by atoms with Crippen LogP contribution < -0.4 is 0 Å². The number of rotatable bonds is 4. The van der Waals surface area contributed by atoms with Crippen molar-refractivity contribution in [3.05, 3.63) is 29.7 Å². The lowest BCUT2D eigenvalue weighted by Crippen LogP contribution is -2.13. The third-order valence-corrected chi connectivity index (χ3v) is 3.65. The molecule has 0 atom stereocenters. The third kappa shape index (κ3) is 2.72. The van der Waals surface area contributed by atoms with Crippen LogP contribution in [0.15, 0.2) is 18.5 Å². The van der Waals surface area contributed by atoms with Crippen molar-refractivity contribution < 1.29 is 18.3 Å². The molecular weight excluding hydrogens is 320 g/mol. The van der Waals surface area contributed by atoms with Gasteiger partial charge in [0.1, 0.15) is 6.54 Å². The zero-order chi connectivity index (χ0) is 17.4. The van der Waals surface area contributed by atoms with E-state index in [1.54, 1.807) is 24.9 Å². The second-order valence-corrected chi connectivity index (χ2v) is 5.32. The Morgan fingerprint density at radius 1 is 1.42 bits per heavy atom. The number of esters is 1. The molecule has 0 unspecified atom stereocenters. The molecule has 24 heavy (non-hydrogen) atoms. The second-order valence-electron chi connectivity index (χ2n) is 5.32. The van der Waals surface area contributed by atoms with Gasteiger partial charge >= 0.3 is 5.97 Å². The van der Waals surface area contributed by atoms with Crippen molar-refractivity contribution in [3.8, 4) is 11.3 Å². The van der Waals surface area contributed by atoms with Gasteiger partial charge in [-0.3, -0.25) is 9.48 Å². The molecule has 3 aromatic rings. The van der Waals surface area contributed by atoms with Crippen LogP contribution in [0.1, 0.15) is 17.7 Å². The highest BCUT2D eigenvalue weighted by atomic mass is 19.3. The molecule has 0 saturated heterocycles. The summed E-state index contributed by atoms with van der Waals surface area (Å²) in [5.41, 5.74) is 1.37. The second kappa shape index (κ2) is 5.99. The fourth-order valence-corrected chi connectivity index (χ4v) is 2.56. The number of carbonyl (C=O) groups excluding carboxylic acids is 1. The first kappa shape index (κ1) is 16.0. The molecule has 0 radical (unpaired) electrons. The standard InChI is InChI=1S/C15H15F2N5O2/c1-8-13-10(14(16)17)4-11(9-5-18-21(2)6-9)19-15(13)22(20-8)7-12(23)24-3/h4-6,14H,7H2,1-3H3. The molecule has 126 valence electrons. The summed E-state index contributed by atoms with van der Waals surface area (Å²) in [7, 11) is 2.97. The van der Waals surface area contributed by atoms with Crippen molar-refractivity contribution in [1.29, 1.82) is 0 Å². The van der Waals surface area contributed by atoms with Gasteiger partial charge in [-0.1, -0.05) is 0 Å². The summed E-state index contributed by atoms with van der Waals surface area (Å²) in [6, 6.07) is 1.33. The molecule has 3 heterocycles. The number of fused-ring (bicyclic) bond motifs is 1. The van der Waals surface area contributed by atoms with Crippen molar-refractivity contribution in [1.82, 2.24) is 24.5 Å². The van der Waals surface area contributed by atoms with E-state index < -0.39 is 12.4 Å². The van der Waals surface area contributed by atoms with Crippen LogP contribution in [0.3, 0.4) is 0 Å². The summed E-state index contributed by atoms with van der Waals surface area (Å²) in [5.74, 6) is -0.536. The largest absolute Gasteiger partial charge is 0.468 e. The van der Waals surface area contributed by atoms with Gasteiger partial charge in [-0.05, 0) is 13.0 Å². The molecule has 0 saturated carbocycles. The van der Waals surface area contributed by atoms with Crippen LogP contribution in [0.4, 0.5) is 8.78 Å². The minimum absolute atomic E-state index is 0.174. The van der Waals surface area contributed by atoms with Crippen molar-refractivity contribution in [2.75, 3.05) is 7.11 Å². The maximum Gasteiger partial charge on any atom is 0.327 e. The lowest BCUT2D eigenvalue weighted by atomic mass is 10.1. The molecule has 0 aliphatic rings. The van der Waals surface area contributed by atoms with Crippen LogP contribution in [0.5, 0.6) is 0 Å². The normalized spacial score (nSPS) is 11.4. The number of aromatic nitrogens is 5. The number of aryl methyl sites for hydroxylation is 2. The highest BCUT2D eigenvalue weighted by Crippen LogP contribution is 2.32. The number of nitrogens with zero attached hydrogens (tertiary/aromatic N) is 5. The fraction of sp³-hybridized carbons (Fsp3) is 0.333. The lowest BCUT2D eigenvalue weighted by molar-refractivity contribution is -0.141. The number of alkyl halides is 2. The quantitative estimate of drug-likeness (QED) is 0.684. The van der Waals surface area contributed by atoms with Gasteiger partial charge in [0, 0.05) is 24.4 Å². The smallest absolute Gasteiger partial charge is 0.327 e. The van der Waals surface area contributed by atoms with Crippen LogP contribution >= 0.6 is 0 Å². The van der Waals surface area contributed by atoms with Crippen LogP contribution in [-0.2, 0) is 23.1 Å². The van der Waals surface area contributed by atoms with E-state index in [9.17, 15) is 13.6 Å². The summed E-state index contributed by atoms with van der Waals surface area (Å²) >= 11 is 0. The topological polar surface area (TPSA) is 74.8 Å². The minimum Gasteiger partial charge on any atom is -0.468 e. The van der Waals surface area contributed by atoms with E-state index >= 15 is 0 Å². The van der Waals surface area contributed by atoms with E-state index in [0.717, 1.165) is 0 Å².